The van der Waals surface area contributed by atoms with E-state index in [9.17, 15) is 4.79 Å². The van der Waals surface area contributed by atoms with Crippen molar-refractivity contribution in [3.63, 3.8) is 0 Å². The molecule has 1 atom stereocenters. The van der Waals surface area contributed by atoms with Crippen LogP contribution in [-0.2, 0) is 0 Å². The number of nitrogens with zero attached hydrogens (tertiary/aromatic N) is 1. The highest BCUT2D eigenvalue weighted by atomic mass is 35.5. The van der Waals surface area contributed by atoms with Crippen molar-refractivity contribution in [1.29, 1.82) is 0 Å². The topological polar surface area (TPSA) is 68.0 Å². The third-order valence-corrected chi connectivity index (χ3v) is 3.12. The SMILES string of the molecule is CC(NC(=O)c1ncccc1N)c1ccccc1Cl. The summed E-state index contributed by atoms with van der Waals surface area (Å²) in [5.74, 6) is -0.314. The number of halogens is 1. The Kier molecular flexibility index (Phi) is 4.02. The van der Waals surface area contributed by atoms with E-state index in [-0.39, 0.29) is 17.6 Å². The number of rotatable bonds is 3. The van der Waals surface area contributed by atoms with Gasteiger partial charge in [-0.05, 0) is 30.7 Å². The van der Waals surface area contributed by atoms with E-state index < -0.39 is 0 Å². The van der Waals surface area contributed by atoms with Gasteiger partial charge in [0.2, 0.25) is 0 Å². The Bertz CT molecular complexity index is 601. The van der Waals surface area contributed by atoms with Crippen molar-refractivity contribution in [1.82, 2.24) is 10.3 Å². The fraction of sp³-hybridized carbons (Fsp3) is 0.143. The average molecular weight is 276 g/mol. The Hall–Kier alpha value is -2.07. The summed E-state index contributed by atoms with van der Waals surface area (Å²) < 4.78 is 0. The molecule has 0 saturated heterocycles. The Morgan fingerprint density at radius 1 is 1.32 bits per heavy atom. The lowest BCUT2D eigenvalue weighted by Crippen LogP contribution is -2.28. The molecule has 0 spiro atoms. The minimum absolute atomic E-state index is 0.220. The first-order chi connectivity index (χ1) is 9.09. The zero-order valence-electron chi connectivity index (χ0n) is 10.4. The van der Waals surface area contributed by atoms with Crippen molar-refractivity contribution in [2.24, 2.45) is 0 Å². The van der Waals surface area contributed by atoms with Crippen LogP contribution in [0.1, 0.15) is 29.0 Å². The summed E-state index contributed by atoms with van der Waals surface area (Å²) in [5, 5.41) is 3.44. The summed E-state index contributed by atoms with van der Waals surface area (Å²) in [4.78, 5) is 16.0. The molecule has 0 fully saturated rings. The first kappa shape index (κ1) is 13.4. The summed E-state index contributed by atoms with van der Waals surface area (Å²) in [6.07, 6.45) is 1.53. The lowest BCUT2D eigenvalue weighted by Gasteiger charge is -2.15. The number of pyridine rings is 1. The molecule has 1 amide bonds. The minimum Gasteiger partial charge on any atom is -0.397 e. The van der Waals surface area contributed by atoms with Crippen molar-refractivity contribution in [3.8, 4) is 0 Å². The number of nitrogen functional groups attached to an aromatic ring is 1. The van der Waals surface area contributed by atoms with Gasteiger partial charge in [-0.2, -0.15) is 0 Å². The molecule has 0 saturated carbocycles. The maximum absolute atomic E-state index is 12.1. The standard InChI is InChI=1S/C14H14ClN3O/c1-9(10-5-2-3-6-11(10)15)18-14(19)13-12(16)7-4-8-17-13/h2-9H,16H2,1H3,(H,18,19). The van der Waals surface area contributed by atoms with Crippen LogP contribution in [0.5, 0.6) is 0 Å². The van der Waals surface area contributed by atoms with E-state index >= 15 is 0 Å². The summed E-state index contributed by atoms with van der Waals surface area (Å²) in [7, 11) is 0. The monoisotopic (exact) mass is 275 g/mol. The lowest BCUT2D eigenvalue weighted by atomic mass is 10.1. The van der Waals surface area contributed by atoms with Crippen LogP contribution >= 0.6 is 11.6 Å². The number of hydrogen-bond acceptors (Lipinski definition) is 3. The van der Waals surface area contributed by atoms with Crippen molar-refractivity contribution in [2.45, 2.75) is 13.0 Å². The number of nitrogens with one attached hydrogen (secondary N) is 1. The summed E-state index contributed by atoms with van der Waals surface area (Å²) in [6, 6.07) is 10.5. The Morgan fingerprint density at radius 3 is 2.74 bits per heavy atom. The molecule has 0 aliphatic heterocycles. The Balaban J connectivity index is 2.16. The molecule has 0 radical (unpaired) electrons. The fourth-order valence-corrected chi connectivity index (χ4v) is 2.08. The molecular formula is C14H14ClN3O. The van der Waals surface area contributed by atoms with Gasteiger partial charge < -0.3 is 11.1 Å². The number of carbonyl (C=O) groups excluding carboxylic acids is 1. The van der Waals surface area contributed by atoms with E-state index in [1.54, 1.807) is 18.2 Å². The van der Waals surface area contributed by atoms with Crippen LogP contribution in [0.4, 0.5) is 5.69 Å². The highest BCUT2D eigenvalue weighted by molar-refractivity contribution is 6.31. The Labute approximate surface area is 116 Å². The number of hydrogen-bond donors (Lipinski definition) is 2. The van der Waals surface area contributed by atoms with Gasteiger partial charge in [-0.1, -0.05) is 29.8 Å². The molecular weight excluding hydrogens is 262 g/mol. The van der Waals surface area contributed by atoms with Gasteiger partial charge in [0.15, 0.2) is 5.69 Å². The molecule has 1 unspecified atom stereocenters. The van der Waals surface area contributed by atoms with Gasteiger partial charge in [-0.15, -0.1) is 0 Å². The number of anilines is 1. The second kappa shape index (κ2) is 5.71. The highest BCUT2D eigenvalue weighted by Gasteiger charge is 2.16. The normalized spacial score (nSPS) is 11.9. The molecule has 1 aromatic carbocycles. The molecule has 5 heteroatoms. The molecule has 0 aliphatic carbocycles. The van der Waals surface area contributed by atoms with Crippen molar-refractivity contribution in [3.05, 3.63) is 58.9 Å². The zero-order chi connectivity index (χ0) is 13.8. The second-order valence-electron chi connectivity index (χ2n) is 4.16. The van der Waals surface area contributed by atoms with Gasteiger partial charge in [0.25, 0.3) is 5.91 Å². The molecule has 4 nitrogen and oxygen atoms in total. The molecule has 0 bridgehead atoms. The highest BCUT2D eigenvalue weighted by Crippen LogP contribution is 2.22. The number of nitrogens with two attached hydrogens (primary N) is 1. The Morgan fingerprint density at radius 2 is 2.05 bits per heavy atom. The predicted molar refractivity (Wildman–Crippen MR) is 76.0 cm³/mol. The average Bonchev–Trinajstić information content (AvgIpc) is 2.39. The number of aromatic nitrogens is 1. The van der Waals surface area contributed by atoms with Gasteiger partial charge >= 0.3 is 0 Å². The zero-order valence-corrected chi connectivity index (χ0v) is 11.2. The second-order valence-corrected chi connectivity index (χ2v) is 4.57. The van der Waals surface area contributed by atoms with E-state index in [1.807, 2.05) is 25.1 Å². The fourth-order valence-electron chi connectivity index (χ4n) is 1.78. The predicted octanol–water partition coefficient (Wildman–Crippen LogP) is 2.81. The molecule has 1 heterocycles. The number of benzene rings is 1. The van der Waals surface area contributed by atoms with Crippen LogP contribution in [0.25, 0.3) is 0 Å². The first-order valence-electron chi connectivity index (χ1n) is 5.85. The molecule has 3 N–H and O–H groups in total. The van der Waals surface area contributed by atoms with Gasteiger partial charge in [-0.3, -0.25) is 4.79 Å². The van der Waals surface area contributed by atoms with Crippen LogP contribution in [-0.4, -0.2) is 10.9 Å². The van der Waals surface area contributed by atoms with Gasteiger partial charge in [0.05, 0.1) is 11.7 Å². The van der Waals surface area contributed by atoms with Gasteiger partial charge in [0, 0.05) is 11.2 Å². The largest absolute Gasteiger partial charge is 0.397 e. The molecule has 1 aromatic heterocycles. The summed E-state index contributed by atoms with van der Waals surface area (Å²) in [6.45, 7) is 1.86. The van der Waals surface area contributed by atoms with Gasteiger partial charge in [0.1, 0.15) is 0 Å². The molecule has 98 valence electrons. The quantitative estimate of drug-likeness (QED) is 0.905. The van der Waals surface area contributed by atoms with E-state index in [0.29, 0.717) is 10.7 Å². The molecule has 2 rings (SSSR count). The van der Waals surface area contributed by atoms with Crippen LogP contribution in [0.15, 0.2) is 42.6 Å². The van der Waals surface area contributed by atoms with E-state index in [0.717, 1.165) is 5.56 Å². The van der Waals surface area contributed by atoms with E-state index in [1.165, 1.54) is 6.20 Å². The maximum atomic E-state index is 12.1. The minimum atomic E-state index is -0.314. The van der Waals surface area contributed by atoms with E-state index in [2.05, 4.69) is 10.3 Å². The third kappa shape index (κ3) is 3.03. The third-order valence-electron chi connectivity index (χ3n) is 2.77. The summed E-state index contributed by atoms with van der Waals surface area (Å²) in [5.41, 5.74) is 7.15. The maximum Gasteiger partial charge on any atom is 0.272 e. The van der Waals surface area contributed by atoms with Crippen LogP contribution < -0.4 is 11.1 Å². The van der Waals surface area contributed by atoms with Crippen LogP contribution in [0.3, 0.4) is 0 Å². The first-order valence-corrected chi connectivity index (χ1v) is 6.23. The molecule has 0 aliphatic rings. The summed E-state index contributed by atoms with van der Waals surface area (Å²) >= 11 is 6.09. The van der Waals surface area contributed by atoms with Crippen molar-refractivity contribution >= 4 is 23.2 Å². The van der Waals surface area contributed by atoms with Crippen LogP contribution in [0.2, 0.25) is 5.02 Å². The smallest absolute Gasteiger partial charge is 0.272 e. The van der Waals surface area contributed by atoms with Crippen LogP contribution in [0, 0.1) is 0 Å². The van der Waals surface area contributed by atoms with Gasteiger partial charge in [-0.25, -0.2) is 4.98 Å². The number of amides is 1. The van der Waals surface area contributed by atoms with E-state index in [4.69, 9.17) is 17.3 Å². The number of carbonyl (C=O) groups is 1. The molecule has 2 aromatic rings. The lowest BCUT2D eigenvalue weighted by molar-refractivity contribution is 0.0936. The van der Waals surface area contributed by atoms with Crippen molar-refractivity contribution in [2.75, 3.05) is 5.73 Å². The van der Waals surface area contributed by atoms with Crippen molar-refractivity contribution < 1.29 is 4.79 Å². The molecule has 19 heavy (non-hydrogen) atoms.